The Hall–Kier alpha value is -0.870. The first kappa shape index (κ1) is 12.2. The summed E-state index contributed by atoms with van der Waals surface area (Å²) in [4.78, 5) is 10.7. The number of hydrogen-bond acceptors (Lipinski definition) is 4. The van der Waals surface area contributed by atoms with Crippen LogP contribution < -0.4 is 16.0 Å². The Morgan fingerprint density at radius 3 is 2.47 bits per heavy atom. The minimum Gasteiger partial charge on any atom is -0.391 e. The average Bonchev–Trinajstić information content (AvgIpc) is 2.30. The van der Waals surface area contributed by atoms with E-state index >= 15 is 0 Å². The SMILES string of the molecule is CNC1=C(CC=O)C(NC)(NC)CCC1. The summed E-state index contributed by atoms with van der Waals surface area (Å²) in [7, 11) is 5.78. The van der Waals surface area contributed by atoms with Crippen LogP contribution in [0.3, 0.4) is 0 Å². The topological polar surface area (TPSA) is 53.2 Å². The number of carbonyl (C=O) groups excluding carboxylic acids is 1. The number of carbonyl (C=O) groups is 1. The Bertz CT molecular complexity index is 257. The molecule has 0 amide bonds. The lowest BCUT2D eigenvalue weighted by Crippen LogP contribution is -2.57. The van der Waals surface area contributed by atoms with Crippen molar-refractivity contribution in [1.82, 2.24) is 16.0 Å². The summed E-state index contributed by atoms with van der Waals surface area (Å²) >= 11 is 0. The third kappa shape index (κ3) is 2.21. The fourth-order valence-corrected chi connectivity index (χ4v) is 2.42. The maximum Gasteiger partial charge on any atom is 0.124 e. The summed E-state index contributed by atoms with van der Waals surface area (Å²) in [6.45, 7) is 0. The lowest BCUT2D eigenvalue weighted by molar-refractivity contribution is -0.107. The molecule has 4 heteroatoms. The first-order valence-electron chi connectivity index (χ1n) is 5.45. The zero-order chi connectivity index (χ0) is 11.3. The third-order valence-electron chi connectivity index (χ3n) is 3.30. The highest BCUT2D eigenvalue weighted by atomic mass is 16.1. The Labute approximate surface area is 91.5 Å². The van der Waals surface area contributed by atoms with Gasteiger partial charge in [0.15, 0.2) is 0 Å². The van der Waals surface area contributed by atoms with E-state index in [0.717, 1.165) is 31.1 Å². The predicted octanol–water partition coefficient (Wildman–Crippen LogP) is 0.368. The van der Waals surface area contributed by atoms with E-state index in [1.165, 1.54) is 5.70 Å². The molecular weight excluding hydrogens is 190 g/mol. The molecule has 4 nitrogen and oxygen atoms in total. The van der Waals surface area contributed by atoms with Crippen molar-refractivity contribution < 1.29 is 4.79 Å². The summed E-state index contributed by atoms with van der Waals surface area (Å²) in [5.74, 6) is 0. The molecule has 0 saturated heterocycles. The van der Waals surface area contributed by atoms with Crippen molar-refractivity contribution in [3.05, 3.63) is 11.3 Å². The molecule has 0 fully saturated rings. The van der Waals surface area contributed by atoms with E-state index in [9.17, 15) is 4.79 Å². The Morgan fingerprint density at radius 1 is 1.33 bits per heavy atom. The van der Waals surface area contributed by atoms with Crippen molar-refractivity contribution in [2.75, 3.05) is 21.1 Å². The largest absolute Gasteiger partial charge is 0.391 e. The highest BCUT2D eigenvalue weighted by Gasteiger charge is 2.35. The number of likely N-dealkylation sites (N-methyl/N-ethyl adjacent to an activating group) is 2. The van der Waals surface area contributed by atoms with Gasteiger partial charge in [0.2, 0.25) is 0 Å². The first-order valence-corrected chi connectivity index (χ1v) is 5.45. The molecule has 1 aliphatic rings. The van der Waals surface area contributed by atoms with E-state index in [4.69, 9.17) is 0 Å². The second-order valence-corrected chi connectivity index (χ2v) is 3.84. The lowest BCUT2D eigenvalue weighted by Gasteiger charge is -2.40. The number of nitrogens with one attached hydrogen (secondary N) is 3. The normalized spacial score (nSPS) is 20.2. The van der Waals surface area contributed by atoms with E-state index in [1.54, 1.807) is 0 Å². The Balaban J connectivity index is 3.08. The summed E-state index contributed by atoms with van der Waals surface area (Å²) in [6, 6.07) is 0. The fourth-order valence-electron chi connectivity index (χ4n) is 2.42. The van der Waals surface area contributed by atoms with Crippen LogP contribution in [0.25, 0.3) is 0 Å². The van der Waals surface area contributed by atoms with Gasteiger partial charge in [-0.3, -0.25) is 10.6 Å². The average molecular weight is 211 g/mol. The van der Waals surface area contributed by atoms with Gasteiger partial charge in [0, 0.05) is 19.2 Å². The van der Waals surface area contributed by atoms with Crippen LogP contribution in [0.4, 0.5) is 0 Å². The van der Waals surface area contributed by atoms with E-state index in [2.05, 4.69) is 16.0 Å². The van der Waals surface area contributed by atoms with Crippen LogP contribution >= 0.6 is 0 Å². The molecule has 86 valence electrons. The smallest absolute Gasteiger partial charge is 0.124 e. The zero-order valence-electron chi connectivity index (χ0n) is 9.81. The van der Waals surface area contributed by atoms with Crippen LogP contribution in [0.2, 0.25) is 0 Å². The number of hydrogen-bond donors (Lipinski definition) is 3. The van der Waals surface area contributed by atoms with Gasteiger partial charge in [-0.15, -0.1) is 0 Å². The molecule has 0 saturated carbocycles. The monoisotopic (exact) mass is 211 g/mol. The van der Waals surface area contributed by atoms with E-state index in [0.29, 0.717) is 6.42 Å². The second-order valence-electron chi connectivity index (χ2n) is 3.84. The van der Waals surface area contributed by atoms with Crippen molar-refractivity contribution in [3.8, 4) is 0 Å². The van der Waals surface area contributed by atoms with Crippen LogP contribution in [0.5, 0.6) is 0 Å². The first-order chi connectivity index (χ1) is 7.24. The van der Waals surface area contributed by atoms with Crippen molar-refractivity contribution in [1.29, 1.82) is 0 Å². The summed E-state index contributed by atoms with van der Waals surface area (Å²) in [5.41, 5.74) is 2.13. The molecule has 0 radical (unpaired) electrons. The van der Waals surface area contributed by atoms with Crippen LogP contribution in [-0.4, -0.2) is 33.1 Å². The second kappa shape index (κ2) is 5.28. The summed E-state index contributed by atoms with van der Waals surface area (Å²) in [5, 5.41) is 9.80. The number of allylic oxidation sites excluding steroid dienone is 1. The van der Waals surface area contributed by atoms with Crippen LogP contribution in [0.1, 0.15) is 25.7 Å². The van der Waals surface area contributed by atoms with Crippen molar-refractivity contribution in [2.24, 2.45) is 0 Å². The van der Waals surface area contributed by atoms with Gasteiger partial charge in [-0.1, -0.05) is 0 Å². The van der Waals surface area contributed by atoms with Crippen LogP contribution in [0.15, 0.2) is 11.3 Å². The maximum absolute atomic E-state index is 10.7. The van der Waals surface area contributed by atoms with E-state index in [1.807, 2.05) is 21.1 Å². The van der Waals surface area contributed by atoms with Crippen LogP contribution in [-0.2, 0) is 4.79 Å². The highest BCUT2D eigenvalue weighted by molar-refractivity contribution is 5.57. The standard InChI is InChI=1S/C11H21N3O/c1-12-10-5-4-7-11(13-2,14-3)9(10)6-8-15/h8,12-14H,4-7H2,1-3H3. The van der Waals surface area contributed by atoms with Crippen molar-refractivity contribution in [3.63, 3.8) is 0 Å². The molecule has 0 bridgehead atoms. The molecule has 15 heavy (non-hydrogen) atoms. The zero-order valence-corrected chi connectivity index (χ0v) is 9.81. The molecule has 0 atom stereocenters. The molecule has 0 spiro atoms. The molecular formula is C11H21N3O. The minimum absolute atomic E-state index is 0.211. The third-order valence-corrected chi connectivity index (χ3v) is 3.30. The van der Waals surface area contributed by atoms with Gasteiger partial charge in [0.1, 0.15) is 6.29 Å². The Kier molecular flexibility index (Phi) is 4.29. The van der Waals surface area contributed by atoms with E-state index < -0.39 is 0 Å². The molecule has 0 unspecified atom stereocenters. The van der Waals surface area contributed by atoms with Gasteiger partial charge in [-0.2, -0.15) is 0 Å². The molecule has 0 heterocycles. The Morgan fingerprint density at radius 2 is 2.00 bits per heavy atom. The predicted molar refractivity (Wildman–Crippen MR) is 61.5 cm³/mol. The molecule has 0 aromatic rings. The molecule has 0 aliphatic heterocycles. The van der Waals surface area contributed by atoms with Gasteiger partial charge in [-0.25, -0.2) is 0 Å². The van der Waals surface area contributed by atoms with Gasteiger partial charge in [0.05, 0.1) is 5.66 Å². The molecule has 1 aliphatic carbocycles. The van der Waals surface area contributed by atoms with Gasteiger partial charge >= 0.3 is 0 Å². The van der Waals surface area contributed by atoms with Crippen molar-refractivity contribution >= 4 is 6.29 Å². The molecule has 3 N–H and O–H groups in total. The molecule has 0 aromatic carbocycles. The highest BCUT2D eigenvalue weighted by Crippen LogP contribution is 2.31. The van der Waals surface area contributed by atoms with Gasteiger partial charge in [0.25, 0.3) is 0 Å². The summed E-state index contributed by atoms with van der Waals surface area (Å²) in [6.07, 6.45) is 4.64. The van der Waals surface area contributed by atoms with Crippen LogP contribution in [0, 0.1) is 0 Å². The maximum atomic E-state index is 10.7. The van der Waals surface area contributed by atoms with Gasteiger partial charge in [-0.05, 0) is 38.9 Å². The summed E-state index contributed by atoms with van der Waals surface area (Å²) < 4.78 is 0. The minimum atomic E-state index is -0.211. The number of rotatable bonds is 5. The van der Waals surface area contributed by atoms with Crippen molar-refractivity contribution in [2.45, 2.75) is 31.3 Å². The van der Waals surface area contributed by atoms with Gasteiger partial charge < -0.3 is 10.1 Å². The molecule has 1 rings (SSSR count). The molecule has 0 aromatic heterocycles. The number of aldehydes is 1. The van der Waals surface area contributed by atoms with E-state index in [-0.39, 0.29) is 5.66 Å². The quantitative estimate of drug-likeness (QED) is 0.454. The fraction of sp³-hybridized carbons (Fsp3) is 0.727. The lowest BCUT2D eigenvalue weighted by atomic mass is 9.83.